The standard InChI is InChI=1S/C11H16N2O2/c1-8-5-9(7-10(12)6-8)11(15)13(2)3-4-14/h5-7,14H,3-4,12H2,1-2H3. The Labute approximate surface area is 89.3 Å². The topological polar surface area (TPSA) is 66.6 Å². The lowest BCUT2D eigenvalue weighted by molar-refractivity contribution is 0.0767. The predicted octanol–water partition coefficient (Wildman–Crippen LogP) is 0.642. The molecule has 0 bridgehead atoms. The van der Waals surface area contributed by atoms with E-state index in [0.717, 1.165) is 5.56 Å². The molecular formula is C11H16N2O2. The van der Waals surface area contributed by atoms with Crippen LogP contribution >= 0.6 is 0 Å². The number of aliphatic hydroxyl groups is 1. The van der Waals surface area contributed by atoms with E-state index in [2.05, 4.69) is 0 Å². The average Bonchev–Trinajstić information content (AvgIpc) is 2.15. The van der Waals surface area contributed by atoms with Crippen molar-refractivity contribution in [3.8, 4) is 0 Å². The number of carbonyl (C=O) groups is 1. The van der Waals surface area contributed by atoms with Gasteiger partial charge in [-0.05, 0) is 30.7 Å². The lowest BCUT2D eigenvalue weighted by Gasteiger charge is -2.16. The highest BCUT2D eigenvalue weighted by Crippen LogP contribution is 2.12. The minimum atomic E-state index is -0.126. The zero-order valence-corrected chi connectivity index (χ0v) is 9.03. The van der Waals surface area contributed by atoms with Gasteiger partial charge in [0.05, 0.1) is 6.61 Å². The number of benzene rings is 1. The number of hydrogen-bond acceptors (Lipinski definition) is 3. The Morgan fingerprint density at radius 1 is 1.47 bits per heavy atom. The van der Waals surface area contributed by atoms with Crippen LogP contribution in [0, 0.1) is 6.92 Å². The summed E-state index contributed by atoms with van der Waals surface area (Å²) in [5.41, 5.74) is 7.74. The summed E-state index contributed by atoms with van der Waals surface area (Å²) < 4.78 is 0. The van der Waals surface area contributed by atoms with Crippen molar-refractivity contribution in [2.24, 2.45) is 0 Å². The van der Waals surface area contributed by atoms with E-state index in [4.69, 9.17) is 10.8 Å². The van der Waals surface area contributed by atoms with Crippen molar-refractivity contribution >= 4 is 11.6 Å². The highest BCUT2D eigenvalue weighted by Gasteiger charge is 2.11. The Kier molecular flexibility index (Phi) is 3.68. The van der Waals surface area contributed by atoms with Crippen LogP contribution < -0.4 is 5.73 Å². The van der Waals surface area contributed by atoms with Gasteiger partial charge in [0.2, 0.25) is 0 Å². The molecule has 0 spiro atoms. The summed E-state index contributed by atoms with van der Waals surface area (Å²) in [7, 11) is 1.65. The first kappa shape index (κ1) is 11.5. The van der Waals surface area contributed by atoms with Gasteiger partial charge in [-0.1, -0.05) is 0 Å². The van der Waals surface area contributed by atoms with E-state index in [0.29, 0.717) is 17.8 Å². The fraction of sp³-hybridized carbons (Fsp3) is 0.364. The van der Waals surface area contributed by atoms with Crippen LogP contribution in [0.5, 0.6) is 0 Å². The van der Waals surface area contributed by atoms with Crippen molar-refractivity contribution < 1.29 is 9.90 Å². The van der Waals surface area contributed by atoms with Crippen molar-refractivity contribution in [3.05, 3.63) is 29.3 Å². The second-order valence-corrected chi connectivity index (χ2v) is 3.58. The molecule has 1 amide bonds. The fourth-order valence-electron chi connectivity index (χ4n) is 1.41. The molecule has 0 aromatic heterocycles. The van der Waals surface area contributed by atoms with E-state index in [-0.39, 0.29) is 12.5 Å². The van der Waals surface area contributed by atoms with Gasteiger partial charge in [-0.25, -0.2) is 0 Å². The first-order valence-electron chi connectivity index (χ1n) is 4.78. The number of nitrogens with zero attached hydrogens (tertiary/aromatic N) is 1. The summed E-state index contributed by atoms with van der Waals surface area (Å²) in [5, 5.41) is 8.72. The molecule has 4 heteroatoms. The van der Waals surface area contributed by atoms with Gasteiger partial charge in [0, 0.05) is 24.8 Å². The van der Waals surface area contributed by atoms with Crippen molar-refractivity contribution in [2.75, 3.05) is 25.9 Å². The number of likely N-dealkylation sites (N-methyl/N-ethyl adjacent to an activating group) is 1. The third-order valence-electron chi connectivity index (χ3n) is 2.13. The number of rotatable bonds is 3. The van der Waals surface area contributed by atoms with Gasteiger partial charge in [0.25, 0.3) is 5.91 Å². The number of anilines is 1. The molecule has 0 unspecified atom stereocenters. The maximum Gasteiger partial charge on any atom is 0.253 e. The van der Waals surface area contributed by atoms with Crippen LogP contribution in [0.1, 0.15) is 15.9 Å². The quantitative estimate of drug-likeness (QED) is 0.716. The molecule has 82 valence electrons. The molecule has 0 aliphatic rings. The Morgan fingerprint density at radius 3 is 2.67 bits per heavy atom. The van der Waals surface area contributed by atoms with Gasteiger partial charge in [-0.2, -0.15) is 0 Å². The van der Waals surface area contributed by atoms with Gasteiger partial charge in [0.1, 0.15) is 0 Å². The summed E-state index contributed by atoms with van der Waals surface area (Å²) >= 11 is 0. The number of aryl methyl sites for hydroxylation is 1. The van der Waals surface area contributed by atoms with Crippen LogP contribution in [-0.2, 0) is 0 Å². The maximum absolute atomic E-state index is 11.8. The smallest absolute Gasteiger partial charge is 0.253 e. The van der Waals surface area contributed by atoms with Crippen LogP contribution in [0.4, 0.5) is 5.69 Å². The third-order valence-corrected chi connectivity index (χ3v) is 2.13. The highest BCUT2D eigenvalue weighted by molar-refractivity contribution is 5.95. The Balaban J connectivity index is 2.90. The monoisotopic (exact) mass is 208 g/mol. The highest BCUT2D eigenvalue weighted by atomic mass is 16.3. The number of hydrogen-bond donors (Lipinski definition) is 2. The number of carbonyl (C=O) groups excluding carboxylic acids is 1. The number of amides is 1. The molecule has 0 atom stereocenters. The minimum Gasteiger partial charge on any atom is -0.399 e. The van der Waals surface area contributed by atoms with E-state index in [9.17, 15) is 4.79 Å². The van der Waals surface area contributed by atoms with Crippen molar-refractivity contribution in [3.63, 3.8) is 0 Å². The molecular weight excluding hydrogens is 192 g/mol. The Hall–Kier alpha value is -1.55. The SMILES string of the molecule is Cc1cc(N)cc(C(=O)N(C)CCO)c1. The Bertz CT molecular complexity index is 343. The van der Waals surface area contributed by atoms with Crippen LogP contribution in [0.15, 0.2) is 18.2 Å². The summed E-state index contributed by atoms with van der Waals surface area (Å²) in [6, 6.07) is 5.23. The molecule has 1 aromatic carbocycles. The van der Waals surface area contributed by atoms with Crippen LogP contribution in [0.2, 0.25) is 0 Å². The lowest BCUT2D eigenvalue weighted by Crippen LogP contribution is -2.29. The van der Waals surface area contributed by atoms with Crippen molar-refractivity contribution in [1.29, 1.82) is 0 Å². The molecule has 1 aromatic rings. The van der Waals surface area contributed by atoms with Crippen molar-refractivity contribution in [2.45, 2.75) is 6.92 Å². The first-order valence-corrected chi connectivity index (χ1v) is 4.78. The molecule has 0 saturated heterocycles. The van der Waals surface area contributed by atoms with Crippen molar-refractivity contribution in [1.82, 2.24) is 4.90 Å². The lowest BCUT2D eigenvalue weighted by atomic mass is 10.1. The molecule has 0 heterocycles. The van der Waals surface area contributed by atoms with E-state index >= 15 is 0 Å². The summed E-state index contributed by atoms with van der Waals surface area (Å²) in [6.45, 7) is 2.18. The molecule has 1 rings (SSSR count). The van der Waals surface area contributed by atoms with Gasteiger partial charge in [0.15, 0.2) is 0 Å². The van der Waals surface area contributed by atoms with Crippen LogP contribution in [-0.4, -0.2) is 36.1 Å². The van der Waals surface area contributed by atoms with E-state index in [1.807, 2.05) is 13.0 Å². The normalized spacial score (nSPS) is 10.1. The third kappa shape index (κ3) is 2.95. The molecule has 0 radical (unpaired) electrons. The molecule has 4 nitrogen and oxygen atoms in total. The molecule has 0 saturated carbocycles. The second-order valence-electron chi connectivity index (χ2n) is 3.58. The molecule has 0 aliphatic carbocycles. The number of aliphatic hydroxyl groups excluding tert-OH is 1. The van der Waals surface area contributed by atoms with E-state index < -0.39 is 0 Å². The zero-order chi connectivity index (χ0) is 11.4. The van der Waals surface area contributed by atoms with Gasteiger partial charge >= 0.3 is 0 Å². The largest absolute Gasteiger partial charge is 0.399 e. The summed E-state index contributed by atoms with van der Waals surface area (Å²) in [6.07, 6.45) is 0. The molecule has 0 aliphatic heterocycles. The van der Waals surface area contributed by atoms with E-state index in [1.165, 1.54) is 4.90 Å². The average molecular weight is 208 g/mol. The maximum atomic E-state index is 11.8. The Morgan fingerprint density at radius 2 is 2.13 bits per heavy atom. The molecule has 3 N–H and O–H groups in total. The minimum absolute atomic E-state index is 0.0382. The van der Waals surface area contributed by atoms with Gasteiger partial charge in [-0.15, -0.1) is 0 Å². The number of nitrogens with two attached hydrogens (primary N) is 1. The number of nitrogen functional groups attached to an aromatic ring is 1. The van der Waals surface area contributed by atoms with E-state index in [1.54, 1.807) is 19.2 Å². The molecule has 0 fully saturated rings. The van der Waals surface area contributed by atoms with Gasteiger partial charge in [-0.3, -0.25) is 4.79 Å². The van der Waals surface area contributed by atoms with Crippen LogP contribution in [0.25, 0.3) is 0 Å². The zero-order valence-electron chi connectivity index (χ0n) is 9.03. The summed E-state index contributed by atoms with van der Waals surface area (Å²) in [5.74, 6) is -0.126. The fourth-order valence-corrected chi connectivity index (χ4v) is 1.41. The van der Waals surface area contributed by atoms with Crippen LogP contribution in [0.3, 0.4) is 0 Å². The first-order chi connectivity index (χ1) is 7.04. The molecule has 15 heavy (non-hydrogen) atoms. The second kappa shape index (κ2) is 4.79. The summed E-state index contributed by atoms with van der Waals surface area (Å²) in [4.78, 5) is 13.3. The predicted molar refractivity (Wildman–Crippen MR) is 59.6 cm³/mol. The van der Waals surface area contributed by atoms with Gasteiger partial charge < -0.3 is 15.7 Å².